The van der Waals surface area contributed by atoms with Gasteiger partial charge in [0.1, 0.15) is 12.4 Å². The Kier molecular flexibility index (Phi) is 6.97. The Balaban J connectivity index is 2.85. The van der Waals surface area contributed by atoms with Gasteiger partial charge in [-0.1, -0.05) is 0 Å². The Bertz CT molecular complexity index is 386. The zero-order valence-electron chi connectivity index (χ0n) is 12.7. The molecule has 0 fully saturated rings. The van der Waals surface area contributed by atoms with Crippen LogP contribution < -0.4 is 24.3 Å². The Morgan fingerprint density at radius 2 is 1.55 bits per heavy atom. The van der Waals surface area contributed by atoms with E-state index in [1.165, 1.54) is 0 Å². The predicted octanol–water partition coefficient (Wildman–Crippen LogP) is 1.33. The van der Waals surface area contributed by atoms with Gasteiger partial charge in [-0.25, -0.2) is 0 Å². The van der Waals surface area contributed by atoms with E-state index in [1.807, 2.05) is 7.05 Å². The first-order valence-electron chi connectivity index (χ1n) is 6.29. The minimum Gasteiger partial charge on any atom is -0.493 e. The SMILES string of the molecule is CNC(COC)COc1cc(OC)c(OC)c(OC)c1. The van der Waals surface area contributed by atoms with Gasteiger partial charge in [-0.05, 0) is 7.05 Å². The van der Waals surface area contributed by atoms with Crippen LogP contribution >= 0.6 is 0 Å². The fourth-order valence-electron chi connectivity index (χ4n) is 1.75. The van der Waals surface area contributed by atoms with Gasteiger partial charge in [0, 0.05) is 19.2 Å². The number of likely N-dealkylation sites (N-methyl/N-ethyl adjacent to an activating group) is 1. The summed E-state index contributed by atoms with van der Waals surface area (Å²) >= 11 is 0. The molecule has 0 aliphatic heterocycles. The van der Waals surface area contributed by atoms with E-state index in [9.17, 15) is 0 Å². The molecule has 6 nitrogen and oxygen atoms in total. The lowest BCUT2D eigenvalue weighted by atomic mass is 10.2. The van der Waals surface area contributed by atoms with E-state index in [-0.39, 0.29) is 6.04 Å². The number of ether oxygens (including phenoxy) is 5. The Labute approximate surface area is 119 Å². The monoisotopic (exact) mass is 285 g/mol. The molecule has 0 amide bonds. The highest BCUT2D eigenvalue weighted by molar-refractivity contribution is 5.55. The highest BCUT2D eigenvalue weighted by Crippen LogP contribution is 2.40. The summed E-state index contributed by atoms with van der Waals surface area (Å²) in [6.07, 6.45) is 0. The number of rotatable bonds is 9. The molecule has 0 radical (unpaired) electrons. The third-order valence-electron chi connectivity index (χ3n) is 2.87. The minimum absolute atomic E-state index is 0.110. The molecule has 20 heavy (non-hydrogen) atoms. The van der Waals surface area contributed by atoms with Crippen molar-refractivity contribution in [1.29, 1.82) is 0 Å². The average molecular weight is 285 g/mol. The number of methoxy groups -OCH3 is 4. The molecule has 1 atom stereocenters. The highest BCUT2D eigenvalue weighted by Gasteiger charge is 2.15. The molecule has 1 unspecified atom stereocenters. The quantitative estimate of drug-likeness (QED) is 0.738. The standard InChI is InChI=1S/C14H23NO5/c1-15-10(8-16-2)9-20-11-6-12(17-3)14(19-5)13(7-11)18-4/h6-7,10,15H,8-9H2,1-5H3. The minimum atomic E-state index is 0.110. The van der Waals surface area contributed by atoms with Crippen molar-refractivity contribution in [2.45, 2.75) is 6.04 Å². The van der Waals surface area contributed by atoms with E-state index in [4.69, 9.17) is 23.7 Å². The smallest absolute Gasteiger partial charge is 0.203 e. The van der Waals surface area contributed by atoms with Gasteiger partial charge in [0.2, 0.25) is 5.75 Å². The molecule has 0 aliphatic rings. The summed E-state index contributed by atoms with van der Waals surface area (Å²) in [7, 11) is 8.23. The summed E-state index contributed by atoms with van der Waals surface area (Å²) in [5.41, 5.74) is 0. The van der Waals surface area contributed by atoms with Crippen molar-refractivity contribution in [3.8, 4) is 23.0 Å². The molecule has 1 rings (SSSR count). The van der Waals surface area contributed by atoms with Gasteiger partial charge in [0.25, 0.3) is 0 Å². The third kappa shape index (κ3) is 4.18. The van der Waals surface area contributed by atoms with Crippen LogP contribution in [0.4, 0.5) is 0 Å². The second-order valence-corrected chi connectivity index (χ2v) is 4.11. The molecule has 0 aromatic heterocycles. The molecule has 0 aliphatic carbocycles. The summed E-state index contributed by atoms with van der Waals surface area (Å²) in [6.45, 7) is 1.05. The van der Waals surface area contributed by atoms with Crippen molar-refractivity contribution < 1.29 is 23.7 Å². The van der Waals surface area contributed by atoms with Crippen LogP contribution in [0, 0.1) is 0 Å². The maximum absolute atomic E-state index is 5.74. The van der Waals surface area contributed by atoms with Gasteiger partial charge in [0.15, 0.2) is 11.5 Å². The van der Waals surface area contributed by atoms with Crippen molar-refractivity contribution in [1.82, 2.24) is 5.32 Å². The molecule has 114 valence electrons. The van der Waals surface area contributed by atoms with Gasteiger partial charge in [-0.2, -0.15) is 0 Å². The molecule has 1 aromatic rings. The fraction of sp³-hybridized carbons (Fsp3) is 0.571. The lowest BCUT2D eigenvalue weighted by molar-refractivity contribution is 0.139. The first-order chi connectivity index (χ1) is 9.69. The van der Waals surface area contributed by atoms with E-state index < -0.39 is 0 Å². The van der Waals surface area contributed by atoms with Crippen molar-refractivity contribution >= 4 is 0 Å². The highest BCUT2D eigenvalue weighted by atomic mass is 16.5. The first kappa shape index (κ1) is 16.4. The summed E-state index contributed by atoms with van der Waals surface area (Å²) < 4.78 is 26.6. The van der Waals surface area contributed by atoms with Crippen LogP contribution in [0.2, 0.25) is 0 Å². The molecular weight excluding hydrogens is 262 g/mol. The van der Waals surface area contributed by atoms with Gasteiger partial charge < -0.3 is 29.0 Å². The Morgan fingerprint density at radius 1 is 0.950 bits per heavy atom. The van der Waals surface area contributed by atoms with Crippen LogP contribution in [-0.2, 0) is 4.74 Å². The van der Waals surface area contributed by atoms with Crippen molar-refractivity contribution in [2.75, 3.05) is 48.7 Å². The van der Waals surface area contributed by atoms with E-state index in [0.29, 0.717) is 36.2 Å². The molecule has 1 N–H and O–H groups in total. The van der Waals surface area contributed by atoms with E-state index in [0.717, 1.165) is 0 Å². The Hall–Kier alpha value is -1.66. The predicted molar refractivity (Wildman–Crippen MR) is 76.3 cm³/mol. The summed E-state index contributed by atoms with van der Waals surface area (Å²) in [5, 5.41) is 3.12. The van der Waals surface area contributed by atoms with Gasteiger partial charge in [0.05, 0.1) is 34.0 Å². The molecule has 0 saturated carbocycles. The normalized spacial score (nSPS) is 11.8. The number of benzene rings is 1. The van der Waals surface area contributed by atoms with Crippen LogP contribution in [0.3, 0.4) is 0 Å². The second-order valence-electron chi connectivity index (χ2n) is 4.11. The second kappa shape index (κ2) is 8.50. The van der Waals surface area contributed by atoms with Crippen LogP contribution in [0.5, 0.6) is 23.0 Å². The van der Waals surface area contributed by atoms with Gasteiger partial charge >= 0.3 is 0 Å². The summed E-state index contributed by atoms with van der Waals surface area (Å²) in [4.78, 5) is 0. The summed E-state index contributed by atoms with van der Waals surface area (Å²) in [6, 6.07) is 3.64. The molecule has 1 aromatic carbocycles. The molecule has 0 heterocycles. The maximum Gasteiger partial charge on any atom is 0.203 e. The van der Waals surface area contributed by atoms with Crippen molar-refractivity contribution in [3.05, 3.63) is 12.1 Å². The fourth-order valence-corrected chi connectivity index (χ4v) is 1.75. The molecule has 0 bridgehead atoms. The molecule has 6 heteroatoms. The lowest BCUT2D eigenvalue weighted by Gasteiger charge is -2.18. The van der Waals surface area contributed by atoms with Gasteiger partial charge in [-0.15, -0.1) is 0 Å². The van der Waals surface area contributed by atoms with Crippen LogP contribution in [0.25, 0.3) is 0 Å². The van der Waals surface area contributed by atoms with Crippen LogP contribution in [0.15, 0.2) is 12.1 Å². The van der Waals surface area contributed by atoms with E-state index in [2.05, 4.69) is 5.32 Å². The maximum atomic E-state index is 5.74. The molecular formula is C14H23NO5. The third-order valence-corrected chi connectivity index (χ3v) is 2.87. The first-order valence-corrected chi connectivity index (χ1v) is 6.29. The van der Waals surface area contributed by atoms with Crippen molar-refractivity contribution in [3.63, 3.8) is 0 Å². The van der Waals surface area contributed by atoms with Crippen molar-refractivity contribution in [2.24, 2.45) is 0 Å². The largest absolute Gasteiger partial charge is 0.493 e. The average Bonchev–Trinajstić information content (AvgIpc) is 2.49. The topological polar surface area (TPSA) is 58.2 Å². The lowest BCUT2D eigenvalue weighted by Crippen LogP contribution is -2.35. The molecule has 0 spiro atoms. The van der Waals surface area contributed by atoms with Gasteiger partial charge in [-0.3, -0.25) is 0 Å². The number of hydrogen-bond acceptors (Lipinski definition) is 6. The number of nitrogens with one attached hydrogen (secondary N) is 1. The van der Waals surface area contributed by atoms with Crippen LogP contribution in [0.1, 0.15) is 0 Å². The van der Waals surface area contributed by atoms with E-state index >= 15 is 0 Å². The zero-order valence-corrected chi connectivity index (χ0v) is 12.7. The number of hydrogen-bond donors (Lipinski definition) is 1. The Morgan fingerprint density at radius 3 is 1.95 bits per heavy atom. The summed E-state index contributed by atoms with van der Waals surface area (Å²) in [5.74, 6) is 2.32. The molecule has 0 saturated heterocycles. The zero-order chi connectivity index (χ0) is 15.0. The van der Waals surface area contributed by atoms with Crippen LogP contribution in [-0.4, -0.2) is 54.7 Å². The van der Waals surface area contributed by atoms with E-state index in [1.54, 1.807) is 40.6 Å².